The highest BCUT2D eigenvalue weighted by molar-refractivity contribution is 5.65. The molecule has 0 saturated heterocycles. The van der Waals surface area contributed by atoms with Crippen LogP contribution in [0.1, 0.15) is 61.8 Å². The summed E-state index contributed by atoms with van der Waals surface area (Å²) in [6.07, 6.45) is 1.33. The molecule has 0 heterocycles. The van der Waals surface area contributed by atoms with Crippen LogP contribution in [0.15, 0.2) is 0 Å². The predicted molar refractivity (Wildman–Crippen MR) is 70.4 cm³/mol. The second-order valence-electron chi connectivity index (χ2n) is 6.36. The Morgan fingerprint density at radius 2 is 1.50 bits per heavy atom. The molecule has 0 spiro atoms. The van der Waals surface area contributed by atoms with Crippen molar-refractivity contribution in [3.05, 3.63) is 0 Å². The van der Waals surface area contributed by atoms with E-state index in [1.807, 2.05) is 13.8 Å². The monoisotopic (exact) mass is 230 g/mol. The van der Waals surface area contributed by atoms with E-state index in [1.54, 1.807) is 0 Å². The molecule has 2 nitrogen and oxygen atoms in total. The average Bonchev–Trinajstić information content (AvgIpc) is 1.96. The zero-order valence-electron chi connectivity index (χ0n) is 12.4. The minimum Gasteiger partial charge on any atom is -0.466 e. The maximum absolute atomic E-state index is 10.1. The number of carbonyl (C=O) groups excluding carboxylic acids is 1. The smallest absolute Gasteiger partial charge is 0.302 e. The van der Waals surface area contributed by atoms with Crippen molar-refractivity contribution in [3.63, 3.8) is 0 Å². The molecular weight excluding hydrogens is 200 g/mol. The van der Waals surface area contributed by atoms with Crippen LogP contribution >= 0.6 is 0 Å². The molecule has 0 aliphatic rings. The van der Waals surface area contributed by atoms with Crippen LogP contribution in [0.2, 0.25) is 0 Å². The average molecular weight is 230 g/mol. The van der Waals surface area contributed by atoms with Gasteiger partial charge in [0.05, 0.1) is 6.61 Å². The van der Waals surface area contributed by atoms with Crippen LogP contribution in [0, 0.1) is 17.3 Å². The number of esters is 1. The molecule has 0 bridgehead atoms. The summed E-state index contributed by atoms with van der Waals surface area (Å²) in [5.41, 5.74) is 0.522. The summed E-state index contributed by atoms with van der Waals surface area (Å²) >= 11 is 0. The van der Waals surface area contributed by atoms with E-state index < -0.39 is 0 Å². The molecule has 0 amide bonds. The minimum absolute atomic E-state index is 0.196. The molecule has 0 rings (SSSR count). The van der Waals surface area contributed by atoms with Crippen LogP contribution in [0.4, 0.5) is 0 Å². The van der Waals surface area contributed by atoms with Gasteiger partial charge in [-0.1, -0.05) is 48.5 Å². The molecule has 0 aliphatic carbocycles. The van der Waals surface area contributed by atoms with Crippen molar-refractivity contribution in [1.82, 2.24) is 0 Å². The zero-order chi connectivity index (χ0) is 13.4. The highest BCUT2D eigenvalue weighted by Gasteiger charge is 2.11. The van der Waals surface area contributed by atoms with Crippen molar-refractivity contribution in [2.24, 2.45) is 17.3 Å². The van der Waals surface area contributed by atoms with Crippen molar-refractivity contribution in [2.75, 3.05) is 6.61 Å². The Morgan fingerprint density at radius 1 is 1.06 bits per heavy atom. The van der Waals surface area contributed by atoms with Gasteiger partial charge < -0.3 is 4.74 Å². The summed E-state index contributed by atoms with van der Waals surface area (Å²) < 4.78 is 4.66. The lowest BCUT2D eigenvalue weighted by molar-refractivity contribution is -0.141. The standard InChI is InChI=1S/C8H18.C6H12O2/c1-7(2)6-8(3,4)5;1-5(2)4-8-6(3)7/h7H,6H2,1-5H3;5H,4H2,1-3H3. The molecule has 0 saturated carbocycles. The Morgan fingerprint density at radius 3 is 1.56 bits per heavy atom. The fraction of sp³-hybridized carbons (Fsp3) is 0.929. The third kappa shape index (κ3) is 23.4. The van der Waals surface area contributed by atoms with Crippen LogP contribution in [-0.4, -0.2) is 12.6 Å². The lowest BCUT2D eigenvalue weighted by Gasteiger charge is -2.19. The van der Waals surface area contributed by atoms with E-state index in [0.29, 0.717) is 17.9 Å². The number of carbonyl (C=O) groups is 1. The van der Waals surface area contributed by atoms with Gasteiger partial charge in [-0.25, -0.2) is 0 Å². The molecule has 0 radical (unpaired) electrons. The first kappa shape index (κ1) is 17.9. The quantitative estimate of drug-likeness (QED) is 0.676. The van der Waals surface area contributed by atoms with E-state index in [4.69, 9.17) is 0 Å². The number of hydrogen-bond acceptors (Lipinski definition) is 2. The number of ether oxygens (including phenoxy) is 1. The summed E-state index contributed by atoms with van der Waals surface area (Å²) in [6.45, 7) is 17.4. The first-order valence-electron chi connectivity index (χ1n) is 6.18. The molecule has 0 aromatic rings. The molecule has 16 heavy (non-hydrogen) atoms. The summed E-state index contributed by atoms with van der Waals surface area (Å²) in [7, 11) is 0. The molecule has 0 aliphatic heterocycles. The molecule has 0 aromatic heterocycles. The van der Waals surface area contributed by atoms with Gasteiger partial charge in [0.25, 0.3) is 0 Å². The fourth-order valence-electron chi connectivity index (χ4n) is 1.51. The van der Waals surface area contributed by atoms with Crippen molar-refractivity contribution in [2.45, 2.75) is 61.8 Å². The van der Waals surface area contributed by atoms with Crippen LogP contribution in [-0.2, 0) is 9.53 Å². The van der Waals surface area contributed by atoms with Gasteiger partial charge in [0.2, 0.25) is 0 Å². The van der Waals surface area contributed by atoms with Gasteiger partial charge in [-0.2, -0.15) is 0 Å². The highest BCUT2D eigenvalue weighted by Crippen LogP contribution is 2.23. The summed E-state index contributed by atoms with van der Waals surface area (Å²) in [6, 6.07) is 0. The maximum atomic E-state index is 10.1. The van der Waals surface area contributed by atoms with Gasteiger partial charge in [0.1, 0.15) is 0 Å². The minimum atomic E-state index is -0.196. The Labute approximate surface area is 102 Å². The van der Waals surface area contributed by atoms with E-state index in [2.05, 4.69) is 39.4 Å². The molecule has 0 aromatic carbocycles. The van der Waals surface area contributed by atoms with E-state index in [1.165, 1.54) is 13.3 Å². The summed E-state index contributed by atoms with van der Waals surface area (Å²) in [5, 5.41) is 0. The molecule has 98 valence electrons. The van der Waals surface area contributed by atoms with Gasteiger partial charge in [0, 0.05) is 6.92 Å². The molecule has 0 unspecified atom stereocenters. The van der Waals surface area contributed by atoms with E-state index >= 15 is 0 Å². The second-order valence-corrected chi connectivity index (χ2v) is 6.36. The lowest BCUT2D eigenvalue weighted by Crippen LogP contribution is -2.08. The SMILES string of the molecule is CC(=O)OCC(C)C.CC(C)CC(C)(C)C. The molecule has 0 atom stereocenters. The lowest BCUT2D eigenvalue weighted by atomic mass is 9.86. The Kier molecular flexibility index (Phi) is 9.60. The summed E-state index contributed by atoms with van der Waals surface area (Å²) in [5.74, 6) is 1.09. The molecule has 0 N–H and O–H groups in total. The predicted octanol–water partition coefficient (Wildman–Crippen LogP) is 4.28. The van der Waals surface area contributed by atoms with Gasteiger partial charge >= 0.3 is 5.97 Å². The number of rotatable bonds is 3. The largest absolute Gasteiger partial charge is 0.466 e. The third-order valence-electron chi connectivity index (χ3n) is 1.64. The van der Waals surface area contributed by atoms with Crippen LogP contribution < -0.4 is 0 Å². The molecular formula is C14H30O2. The van der Waals surface area contributed by atoms with Gasteiger partial charge in [-0.05, 0) is 23.7 Å². The molecule has 0 fully saturated rings. The van der Waals surface area contributed by atoms with Crippen LogP contribution in [0.5, 0.6) is 0 Å². The van der Waals surface area contributed by atoms with Crippen molar-refractivity contribution in [1.29, 1.82) is 0 Å². The zero-order valence-corrected chi connectivity index (χ0v) is 12.4. The van der Waals surface area contributed by atoms with Crippen molar-refractivity contribution in [3.8, 4) is 0 Å². The van der Waals surface area contributed by atoms with Gasteiger partial charge in [-0.3, -0.25) is 4.79 Å². The number of hydrogen-bond donors (Lipinski definition) is 0. The van der Waals surface area contributed by atoms with E-state index in [0.717, 1.165) is 5.92 Å². The molecule has 2 heteroatoms. The van der Waals surface area contributed by atoms with Crippen LogP contribution in [0.3, 0.4) is 0 Å². The van der Waals surface area contributed by atoms with Crippen molar-refractivity contribution >= 4 is 5.97 Å². The highest BCUT2D eigenvalue weighted by atomic mass is 16.5. The first-order valence-corrected chi connectivity index (χ1v) is 6.18. The van der Waals surface area contributed by atoms with Gasteiger partial charge in [0.15, 0.2) is 0 Å². The second kappa shape index (κ2) is 8.60. The van der Waals surface area contributed by atoms with E-state index in [9.17, 15) is 4.79 Å². The van der Waals surface area contributed by atoms with Gasteiger partial charge in [-0.15, -0.1) is 0 Å². The summed E-state index contributed by atoms with van der Waals surface area (Å²) in [4.78, 5) is 10.1. The topological polar surface area (TPSA) is 26.3 Å². The normalized spacial score (nSPS) is 11.1. The third-order valence-corrected chi connectivity index (χ3v) is 1.64. The maximum Gasteiger partial charge on any atom is 0.302 e. The fourth-order valence-corrected chi connectivity index (χ4v) is 1.51. The Bertz CT molecular complexity index is 176. The Hall–Kier alpha value is -0.530. The first-order chi connectivity index (χ1) is 7.04. The van der Waals surface area contributed by atoms with Crippen molar-refractivity contribution < 1.29 is 9.53 Å². The van der Waals surface area contributed by atoms with Crippen LogP contribution in [0.25, 0.3) is 0 Å². The van der Waals surface area contributed by atoms with E-state index in [-0.39, 0.29) is 5.97 Å². The Balaban J connectivity index is 0.